The Bertz CT molecular complexity index is 631. The lowest BCUT2D eigenvalue weighted by Crippen LogP contribution is -2.08. The Balaban J connectivity index is 2.61. The fraction of sp³-hybridized carbons (Fsp3) is 0. The van der Waals surface area contributed by atoms with Gasteiger partial charge in [-0.05, 0) is 12.1 Å². The van der Waals surface area contributed by atoms with Crippen molar-refractivity contribution in [3.05, 3.63) is 35.0 Å². The summed E-state index contributed by atoms with van der Waals surface area (Å²) in [5.74, 6) is -1.24. The first kappa shape index (κ1) is 11.0. The lowest BCUT2D eigenvalue weighted by atomic mass is 10.2. The summed E-state index contributed by atoms with van der Waals surface area (Å²) in [6, 6.07) is 4.39. The van der Waals surface area contributed by atoms with Gasteiger partial charge in [0.25, 0.3) is 5.82 Å². The lowest BCUT2D eigenvalue weighted by Gasteiger charge is -2.03. The van der Waals surface area contributed by atoms with Crippen molar-refractivity contribution < 1.29 is 9.90 Å². The first-order chi connectivity index (χ1) is 8.11. The van der Waals surface area contributed by atoms with Gasteiger partial charge < -0.3 is 5.11 Å². The summed E-state index contributed by atoms with van der Waals surface area (Å²) >= 11 is 5.68. The summed E-state index contributed by atoms with van der Waals surface area (Å²) in [4.78, 5) is 18.5. The number of hydrogen-bond acceptors (Lipinski definition) is 5. The summed E-state index contributed by atoms with van der Waals surface area (Å²) in [6.07, 6.45) is 1.20. The maximum atomic E-state index is 11.0. The van der Waals surface area contributed by atoms with Crippen molar-refractivity contribution in [2.45, 2.75) is 0 Å². The van der Waals surface area contributed by atoms with E-state index >= 15 is 0 Å². The lowest BCUT2D eigenvalue weighted by molar-refractivity contribution is 0.0696. The number of hydrogen-bond donors (Lipinski definition) is 1. The normalized spacial score (nSPS) is 9.88. The van der Waals surface area contributed by atoms with Crippen molar-refractivity contribution in [2.75, 3.05) is 0 Å². The van der Waals surface area contributed by atoms with Crippen molar-refractivity contribution >= 4 is 17.6 Å². The maximum Gasteiger partial charge on any atom is 0.339 e. The molecule has 2 rings (SSSR count). The Morgan fingerprint density at radius 2 is 2.29 bits per heavy atom. The number of nitriles is 1. The third-order valence-electron chi connectivity index (χ3n) is 1.88. The zero-order chi connectivity index (χ0) is 12.4. The Labute approximate surface area is 99.9 Å². The highest BCUT2D eigenvalue weighted by molar-refractivity contribution is 6.29. The van der Waals surface area contributed by atoms with Crippen molar-refractivity contribution in [1.29, 1.82) is 5.26 Å². The van der Waals surface area contributed by atoms with Gasteiger partial charge in [-0.2, -0.15) is 5.26 Å². The second kappa shape index (κ2) is 4.19. The number of halogens is 1. The number of carboxylic acid groups (broad SMARTS) is 1. The van der Waals surface area contributed by atoms with Crippen molar-refractivity contribution in [3.8, 4) is 11.9 Å². The number of rotatable bonds is 2. The molecule has 0 bridgehead atoms. The summed E-state index contributed by atoms with van der Waals surface area (Å²) < 4.78 is 1.09. The molecule has 0 aliphatic heterocycles. The molecular formula is C9H4ClN5O2. The van der Waals surface area contributed by atoms with Gasteiger partial charge in [-0.25, -0.2) is 19.4 Å². The molecule has 2 heterocycles. The van der Waals surface area contributed by atoms with E-state index in [0.717, 1.165) is 4.68 Å². The number of nitrogens with zero attached hydrogens (tertiary/aromatic N) is 5. The van der Waals surface area contributed by atoms with Crippen LogP contribution in [0.25, 0.3) is 5.82 Å². The van der Waals surface area contributed by atoms with E-state index in [0.29, 0.717) is 0 Å². The molecule has 2 aromatic rings. The number of aromatic nitrogens is 4. The molecule has 2 aromatic heterocycles. The van der Waals surface area contributed by atoms with Gasteiger partial charge in [0.05, 0.1) is 0 Å². The Morgan fingerprint density at radius 3 is 2.88 bits per heavy atom. The molecular weight excluding hydrogens is 246 g/mol. The zero-order valence-corrected chi connectivity index (χ0v) is 8.96. The van der Waals surface area contributed by atoms with Crippen molar-refractivity contribution in [3.63, 3.8) is 0 Å². The van der Waals surface area contributed by atoms with Crippen LogP contribution in [-0.4, -0.2) is 30.8 Å². The number of aromatic carboxylic acids is 1. The van der Waals surface area contributed by atoms with Gasteiger partial charge in [0.1, 0.15) is 23.1 Å². The highest BCUT2D eigenvalue weighted by Crippen LogP contribution is 2.15. The van der Waals surface area contributed by atoms with Crippen LogP contribution < -0.4 is 0 Å². The Morgan fingerprint density at radius 1 is 1.53 bits per heavy atom. The SMILES string of the molecule is N#Cc1ncn(-c2nc(Cl)ccc2C(=O)O)n1. The molecule has 0 saturated carbocycles. The van der Waals surface area contributed by atoms with E-state index in [1.54, 1.807) is 6.07 Å². The van der Waals surface area contributed by atoms with Crippen LogP contribution in [0.15, 0.2) is 18.5 Å². The molecule has 1 N–H and O–H groups in total. The zero-order valence-electron chi connectivity index (χ0n) is 8.20. The third kappa shape index (κ3) is 2.07. The number of carbonyl (C=O) groups is 1. The first-order valence-electron chi connectivity index (χ1n) is 4.34. The number of carboxylic acids is 1. The highest BCUT2D eigenvalue weighted by atomic mass is 35.5. The van der Waals surface area contributed by atoms with Gasteiger partial charge in [-0.1, -0.05) is 11.6 Å². The molecule has 0 unspecified atom stereocenters. The van der Waals surface area contributed by atoms with Crippen molar-refractivity contribution in [2.24, 2.45) is 0 Å². The molecule has 0 atom stereocenters. The summed E-state index contributed by atoms with van der Waals surface area (Å²) in [7, 11) is 0. The van der Waals surface area contributed by atoms with Gasteiger partial charge in [0.2, 0.25) is 0 Å². The van der Waals surface area contributed by atoms with E-state index in [9.17, 15) is 4.79 Å². The Hall–Kier alpha value is -2.46. The van der Waals surface area contributed by atoms with E-state index in [1.807, 2.05) is 0 Å². The third-order valence-corrected chi connectivity index (χ3v) is 2.09. The predicted octanol–water partition coefficient (Wildman–Crippen LogP) is 0.886. The summed E-state index contributed by atoms with van der Waals surface area (Å²) in [5.41, 5.74) is -0.0798. The average Bonchev–Trinajstić information content (AvgIpc) is 2.76. The van der Waals surface area contributed by atoms with Gasteiger partial charge in [-0.15, -0.1) is 5.10 Å². The van der Waals surface area contributed by atoms with Gasteiger partial charge in [0, 0.05) is 0 Å². The second-order valence-electron chi connectivity index (χ2n) is 2.93. The minimum Gasteiger partial charge on any atom is -0.478 e. The van der Waals surface area contributed by atoms with Crippen LogP contribution in [0.5, 0.6) is 0 Å². The van der Waals surface area contributed by atoms with Crippen LogP contribution in [0.3, 0.4) is 0 Å². The average molecular weight is 250 g/mol. The quantitative estimate of drug-likeness (QED) is 0.793. The molecule has 0 fully saturated rings. The molecule has 84 valence electrons. The predicted molar refractivity (Wildman–Crippen MR) is 55.8 cm³/mol. The maximum absolute atomic E-state index is 11.0. The van der Waals surface area contributed by atoms with E-state index in [2.05, 4.69) is 15.1 Å². The fourth-order valence-electron chi connectivity index (χ4n) is 1.18. The van der Waals surface area contributed by atoms with Crippen LogP contribution in [0.2, 0.25) is 5.15 Å². The van der Waals surface area contributed by atoms with Crippen LogP contribution in [0, 0.1) is 11.3 Å². The molecule has 0 radical (unpaired) electrons. The van der Waals surface area contributed by atoms with E-state index in [1.165, 1.54) is 18.5 Å². The van der Waals surface area contributed by atoms with E-state index in [4.69, 9.17) is 22.0 Å². The molecule has 0 amide bonds. The van der Waals surface area contributed by atoms with Crippen molar-refractivity contribution in [1.82, 2.24) is 19.7 Å². The van der Waals surface area contributed by atoms with E-state index < -0.39 is 5.97 Å². The molecule has 0 aliphatic rings. The van der Waals surface area contributed by atoms with E-state index in [-0.39, 0.29) is 22.4 Å². The molecule has 0 aliphatic carbocycles. The standard InChI is InChI=1S/C9H4ClN5O2/c10-6-2-1-5(9(16)17)8(13-6)15-4-12-7(3-11)14-15/h1-2,4H,(H,16,17). The van der Waals surface area contributed by atoms with Crippen LogP contribution in [0.1, 0.15) is 16.2 Å². The summed E-state index contributed by atoms with van der Waals surface area (Å²) in [6.45, 7) is 0. The van der Waals surface area contributed by atoms with Crippen LogP contribution >= 0.6 is 11.6 Å². The van der Waals surface area contributed by atoms with Crippen LogP contribution in [0.4, 0.5) is 0 Å². The highest BCUT2D eigenvalue weighted by Gasteiger charge is 2.15. The summed E-state index contributed by atoms with van der Waals surface area (Å²) in [5, 5.41) is 21.4. The van der Waals surface area contributed by atoms with Gasteiger partial charge >= 0.3 is 5.97 Å². The first-order valence-corrected chi connectivity index (χ1v) is 4.71. The monoisotopic (exact) mass is 249 g/mol. The van der Waals surface area contributed by atoms with Gasteiger partial charge in [0.15, 0.2) is 5.82 Å². The Kier molecular flexibility index (Phi) is 2.72. The number of pyridine rings is 1. The topological polar surface area (TPSA) is 105 Å². The molecule has 0 saturated heterocycles. The second-order valence-corrected chi connectivity index (χ2v) is 3.32. The molecule has 8 heteroatoms. The minimum absolute atomic E-state index is 0.0130. The molecule has 0 spiro atoms. The fourth-order valence-corrected chi connectivity index (χ4v) is 1.33. The minimum atomic E-state index is -1.17. The molecule has 17 heavy (non-hydrogen) atoms. The van der Waals surface area contributed by atoms with Crippen LogP contribution in [-0.2, 0) is 0 Å². The smallest absolute Gasteiger partial charge is 0.339 e. The molecule has 0 aromatic carbocycles. The largest absolute Gasteiger partial charge is 0.478 e. The van der Waals surface area contributed by atoms with Gasteiger partial charge in [-0.3, -0.25) is 0 Å². The molecule has 7 nitrogen and oxygen atoms in total.